The van der Waals surface area contributed by atoms with Crippen LogP contribution in [0.15, 0.2) is 30.6 Å². The highest BCUT2D eigenvalue weighted by Gasteiger charge is 2.21. The SMILES string of the molecule is CCc1nn(C)c(NC(=O)N[C@H](C)c2ncnn2CC)c1-c1ccc(F)cc1. The molecule has 0 saturated carbocycles. The number of urea groups is 1. The van der Waals surface area contributed by atoms with Crippen LogP contribution in [0.25, 0.3) is 11.1 Å². The molecule has 1 aromatic carbocycles. The molecule has 0 radical (unpaired) electrons. The molecule has 0 bridgehead atoms. The number of rotatable bonds is 6. The quantitative estimate of drug-likeness (QED) is 0.681. The molecule has 9 heteroatoms. The highest BCUT2D eigenvalue weighted by molar-refractivity contribution is 5.94. The van der Waals surface area contributed by atoms with Gasteiger partial charge >= 0.3 is 6.03 Å². The minimum Gasteiger partial charge on any atom is -0.328 e. The Balaban J connectivity index is 1.84. The first-order chi connectivity index (χ1) is 13.4. The minimum absolute atomic E-state index is 0.313. The molecule has 1 atom stereocenters. The summed E-state index contributed by atoms with van der Waals surface area (Å²) in [5.41, 5.74) is 2.40. The third-order valence-electron chi connectivity index (χ3n) is 4.50. The normalized spacial score (nSPS) is 12.0. The second kappa shape index (κ2) is 8.20. The molecule has 2 N–H and O–H groups in total. The van der Waals surface area contributed by atoms with Gasteiger partial charge in [-0.3, -0.25) is 10.00 Å². The zero-order valence-electron chi connectivity index (χ0n) is 16.4. The summed E-state index contributed by atoms with van der Waals surface area (Å²) in [6, 6.07) is 5.45. The highest BCUT2D eigenvalue weighted by atomic mass is 19.1. The van der Waals surface area contributed by atoms with E-state index in [1.165, 1.54) is 18.5 Å². The molecule has 8 nitrogen and oxygen atoms in total. The second-order valence-electron chi connectivity index (χ2n) is 6.41. The number of nitrogens with zero attached hydrogens (tertiary/aromatic N) is 5. The van der Waals surface area contributed by atoms with Crippen LogP contribution in [-0.2, 0) is 20.0 Å². The number of carbonyl (C=O) groups excluding carboxylic acids is 1. The van der Waals surface area contributed by atoms with Gasteiger partial charge in [0.25, 0.3) is 0 Å². The maximum absolute atomic E-state index is 13.3. The van der Waals surface area contributed by atoms with Gasteiger partial charge in [0.05, 0.1) is 11.7 Å². The van der Waals surface area contributed by atoms with Crippen molar-refractivity contribution in [1.29, 1.82) is 0 Å². The van der Waals surface area contributed by atoms with Crippen LogP contribution >= 0.6 is 0 Å². The topological polar surface area (TPSA) is 89.7 Å². The van der Waals surface area contributed by atoms with Crippen molar-refractivity contribution in [1.82, 2.24) is 29.9 Å². The number of amides is 2. The van der Waals surface area contributed by atoms with E-state index in [1.807, 2.05) is 20.8 Å². The molecule has 0 unspecified atom stereocenters. The molecule has 0 fully saturated rings. The van der Waals surface area contributed by atoms with E-state index < -0.39 is 0 Å². The van der Waals surface area contributed by atoms with Crippen molar-refractivity contribution < 1.29 is 9.18 Å². The molecular formula is C19H24FN7O. The van der Waals surface area contributed by atoms with Gasteiger partial charge < -0.3 is 5.32 Å². The Bertz CT molecular complexity index is 961. The number of aromatic nitrogens is 5. The van der Waals surface area contributed by atoms with Crippen molar-refractivity contribution in [3.63, 3.8) is 0 Å². The van der Waals surface area contributed by atoms with Gasteiger partial charge in [0.2, 0.25) is 0 Å². The summed E-state index contributed by atoms with van der Waals surface area (Å²) in [7, 11) is 1.76. The average molecular weight is 385 g/mol. The first kappa shape index (κ1) is 19.5. The number of hydrogen-bond donors (Lipinski definition) is 2. The minimum atomic E-state index is -0.382. The fraction of sp³-hybridized carbons (Fsp3) is 0.368. The summed E-state index contributed by atoms with van der Waals surface area (Å²) in [5, 5.41) is 14.4. The maximum Gasteiger partial charge on any atom is 0.320 e. The van der Waals surface area contributed by atoms with Crippen molar-refractivity contribution in [3.05, 3.63) is 47.9 Å². The first-order valence-corrected chi connectivity index (χ1v) is 9.21. The largest absolute Gasteiger partial charge is 0.328 e. The number of nitrogens with one attached hydrogen (secondary N) is 2. The summed E-state index contributed by atoms with van der Waals surface area (Å²) >= 11 is 0. The summed E-state index contributed by atoms with van der Waals surface area (Å²) in [5.74, 6) is 0.910. The van der Waals surface area contributed by atoms with Crippen molar-refractivity contribution in [2.45, 2.75) is 39.8 Å². The number of hydrogen-bond acceptors (Lipinski definition) is 4. The van der Waals surface area contributed by atoms with Crippen LogP contribution in [0.2, 0.25) is 0 Å². The van der Waals surface area contributed by atoms with Crippen LogP contribution in [0.4, 0.5) is 15.0 Å². The monoisotopic (exact) mass is 385 g/mol. The Morgan fingerprint density at radius 1 is 1.25 bits per heavy atom. The first-order valence-electron chi connectivity index (χ1n) is 9.21. The van der Waals surface area contributed by atoms with Gasteiger partial charge in [0.15, 0.2) is 0 Å². The van der Waals surface area contributed by atoms with Gasteiger partial charge in [0.1, 0.15) is 23.8 Å². The standard InChI is InChI=1S/C19H24FN7O/c1-5-15-16(13-7-9-14(20)10-8-13)18(26(4)25-15)24-19(28)23-12(3)17-21-11-22-27(17)6-2/h7-12H,5-6H2,1-4H3,(H2,23,24,28)/t12-/m1/s1. The lowest BCUT2D eigenvalue weighted by Gasteiger charge is -2.15. The van der Waals surface area contributed by atoms with Crippen LogP contribution in [0.3, 0.4) is 0 Å². The highest BCUT2D eigenvalue weighted by Crippen LogP contribution is 2.32. The molecule has 0 aliphatic carbocycles. The molecule has 148 valence electrons. The number of aryl methyl sites for hydroxylation is 3. The molecule has 2 heterocycles. The van der Waals surface area contributed by atoms with Gasteiger partial charge in [-0.1, -0.05) is 19.1 Å². The van der Waals surface area contributed by atoms with Crippen molar-refractivity contribution in [3.8, 4) is 11.1 Å². The van der Waals surface area contributed by atoms with Gasteiger partial charge in [-0.2, -0.15) is 10.2 Å². The lowest BCUT2D eigenvalue weighted by atomic mass is 10.0. The Morgan fingerprint density at radius 2 is 1.96 bits per heavy atom. The van der Waals surface area contributed by atoms with Crippen LogP contribution in [0, 0.1) is 5.82 Å². The van der Waals surface area contributed by atoms with E-state index >= 15 is 0 Å². The molecule has 2 aromatic heterocycles. The second-order valence-corrected chi connectivity index (χ2v) is 6.41. The van der Waals surface area contributed by atoms with Crippen molar-refractivity contribution in [2.75, 3.05) is 5.32 Å². The zero-order chi connectivity index (χ0) is 20.3. The maximum atomic E-state index is 13.3. The smallest absolute Gasteiger partial charge is 0.320 e. The third-order valence-corrected chi connectivity index (χ3v) is 4.50. The Kier molecular flexibility index (Phi) is 5.72. The number of carbonyl (C=O) groups is 1. The zero-order valence-corrected chi connectivity index (χ0v) is 16.4. The number of anilines is 1. The van der Waals surface area contributed by atoms with Crippen LogP contribution in [-0.4, -0.2) is 30.6 Å². The van der Waals surface area contributed by atoms with Gasteiger partial charge in [-0.15, -0.1) is 0 Å². The summed E-state index contributed by atoms with van der Waals surface area (Å²) in [4.78, 5) is 16.8. The fourth-order valence-electron chi connectivity index (χ4n) is 3.15. The van der Waals surface area contributed by atoms with Crippen LogP contribution in [0.1, 0.15) is 38.3 Å². The van der Waals surface area contributed by atoms with E-state index in [0.29, 0.717) is 24.6 Å². The van der Waals surface area contributed by atoms with E-state index in [9.17, 15) is 9.18 Å². The lowest BCUT2D eigenvalue weighted by molar-refractivity contribution is 0.248. The number of benzene rings is 1. The molecule has 0 aliphatic rings. The van der Waals surface area contributed by atoms with E-state index in [0.717, 1.165) is 16.8 Å². The van der Waals surface area contributed by atoms with Crippen LogP contribution < -0.4 is 10.6 Å². The van der Waals surface area contributed by atoms with Gasteiger partial charge in [0, 0.05) is 19.2 Å². The Morgan fingerprint density at radius 3 is 2.61 bits per heavy atom. The predicted molar refractivity (Wildman–Crippen MR) is 104 cm³/mol. The fourth-order valence-corrected chi connectivity index (χ4v) is 3.15. The molecule has 0 aliphatic heterocycles. The molecule has 0 spiro atoms. The summed E-state index contributed by atoms with van der Waals surface area (Å²) < 4.78 is 16.7. The summed E-state index contributed by atoms with van der Waals surface area (Å²) in [6.45, 7) is 6.46. The average Bonchev–Trinajstić information content (AvgIpc) is 3.27. The Labute approximate surface area is 162 Å². The van der Waals surface area contributed by atoms with E-state index in [1.54, 1.807) is 28.5 Å². The molecule has 0 saturated heterocycles. The van der Waals surface area contributed by atoms with E-state index in [-0.39, 0.29) is 17.9 Å². The molecule has 3 aromatic rings. The van der Waals surface area contributed by atoms with E-state index in [2.05, 4.69) is 25.8 Å². The Hall–Kier alpha value is -3.23. The predicted octanol–water partition coefficient (Wildman–Crippen LogP) is 3.28. The van der Waals surface area contributed by atoms with Crippen molar-refractivity contribution >= 4 is 11.8 Å². The number of halogens is 1. The lowest BCUT2D eigenvalue weighted by Crippen LogP contribution is -2.33. The molecule has 2 amide bonds. The van der Waals surface area contributed by atoms with E-state index in [4.69, 9.17) is 0 Å². The van der Waals surface area contributed by atoms with Crippen molar-refractivity contribution in [2.24, 2.45) is 7.05 Å². The summed E-state index contributed by atoms with van der Waals surface area (Å²) in [6.07, 6.45) is 2.15. The molecular weight excluding hydrogens is 361 g/mol. The van der Waals surface area contributed by atoms with Gasteiger partial charge in [-0.05, 0) is 38.0 Å². The van der Waals surface area contributed by atoms with Gasteiger partial charge in [-0.25, -0.2) is 18.9 Å². The third kappa shape index (κ3) is 3.88. The molecule has 28 heavy (non-hydrogen) atoms. The molecule has 3 rings (SSSR count). The van der Waals surface area contributed by atoms with Crippen LogP contribution in [0.5, 0.6) is 0 Å².